The molecule has 0 amide bonds. The minimum atomic E-state index is -1.75. The second-order valence-corrected chi connectivity index (χ2v) is 13.9. The zero-order valence-electron chi connectivity index (χ0n) is 43.3. The van der Waals surface area contributed by atoms with Gasteiger partial charge in [0.2, 0.25) is 45.7 Å². The van der Waals surface area contributed by atoms with Gasteiger partial charge in [0.1, 0.15) is 0 Å². The molecule has 0 atom stereocenters. The van der Waals surface area contributed by atoms with Crippen LogP contribution in [0.1, 0.15) is 13.8 Å². The van der Waals surface area contributed by atoms with Gasteiger partial charge in [0.05, 0.1) is 82.1 Å². The van der Waals surface area contributed by atoms with Crippen LogP contribution in [0, 0.1) is 83.9 Å². The first-order valence-corrected chi connectivity index (χ1v) is 22.4. The number of nitriles is 2. The van der Waals surface area contributed by atoms with Gasteiger partial charge in [0.25, 0.3) is 0 Å². The second-order valence-electron chi connectivity index (χ2n) is 13.9. The molecule has 86 heavy (non-hydrogen) atoms. The molecule has 0 aliphatic heterocycles. The van der Waals surface area contributed by atoms with Crippen molar-refractivity contribution in [3.05, 3.63) is 244 Å². The summed E-state index contributed by atoms with van der Waals surface area (Å²) in [4.78, 5) is 66.9. The van der Waals surface area contributed by atoms with Crippen molar-refractivity contribution in [2.24, 2.45) is 0 Å². The van der Waals surface area contributed by atoms with Crippen LogP contribution in [0.15, 0.2) is 218 Å². The number of para-hydroxylation sites is 8. The first kappa shape index (κ1) is 71.7. The van der Waals surface area contributed by atoms with Crippen molar-refractivity contribution in [1.29, 1.82) is 10.5 Å². The zero-order chi connectivity index (χ0) is 61.5. The summed E-state index contributed by atoms with van der Waals surface area (Å²) in [6.45, 7) is 2.86. The molecule has 0 aliphatic carbocycles. The average molecular weight is 1280 g/mol. The molecule has 0 aliphatic rings. The van der Waals surface area contributed by atoms with E-state index in [0.717, 1.165) is 0 Å². The predicted molar refractivity (Wildman–Crippen MR) is 292 cm³/mol. The molecule has 0 saturated carbocycles. The summed E-state index contributed by atoms with van der Waals surface area (Å²) in [5.74, 6) is 0. The number of nitrogens with zero attached hydrogens (tertiary/aromatic N) is 14. The molecule has 0 N–H and O–H groups in total. The van der Waals surface area contributed by atoms with Crippen LogP contribution in [0.4, 0.5) is 0 Å². The monoisotopic (exact) mass is 1280 g/mol. The first-order chi connectivity index (χ1) is 40.4. The summed E-state index contributed by atoms with van der Waals surface area (Å²) in [5, 5.41) is 73.6. The molecular weight excluding hydrogens is 1240 g/mol. The van der Waals surface area contributed by atoms with E-state index in [2.05, 4.69) is 39.9 Å². The SMILES string of the molecule is CC#N.CC#N.O=[N+]([O-])[O-].O=[N+]([O-])[O-].O=[N+]([O-])[O-].O=[N+]([O-])[O-].[Cu+2].[Cu+2].c1ccc2oc3cncc(n3)oc3ccccc3oc3cncc(n3)oc2c1.c1ccc2oc3cncc(n3)oc3ccccc3oc3cncc(n3)oc2c1.c1ccccc1. The van der Waals surface area contributed by atoms with E-state index in [9.17, 15) is 0 Å². The van der Waals surface area contributed by atoms with Crippen LogP contribution >= 0.6 is 0 Å². The summed E-state index contributed by atoms with van der Waals surface area (Å²) in [7, 11) is 0. The van der Waals surface area contributed by atoms with E-state index in [0.29, 0.717) is 44.7 Å². The normalized spacial score (nSPS) is 8.93. The standard InChI is InChI=1S/2C20H12N4O4.C6H6.2C2H3N.2Cu.4NO3/c2*1-2-6-14-13(5-1)25-17-9-21-11-19(23-17)27-15-7-3-4-8-16(15)28-20-12-22-10-18(24-20)26-14;1-2-4-6-5-3-1;2*1-2-3;;;4*2-1(3)4/h2*1-12H;1-6H;2*1H3;;;;;;/q;;;;;2*+2;4*-1. The zero-order valence-corrected chi connectivity index (χ0v) is 45.2. The van der Waals surface area contributed by atoms with Gasteiger partial charge in [-0.1, -0.05) is 84.9 Å². The van der Waals surface area contributed by atoms with E-state index in [1.165, 1.54) is 63.4 Å². The molecule has 6 aromatic heterocycles. The van der Waals surface area contributed by atoms with Gasteiger partial charge in [-0.05, 0) is 48.5 Å². The third-order valence-corrected chi connectivity index (χ3v) is 8.14. The second kappa shape index (κ2) is 40.8. The maximum absolute atomic E-state index is 8.25. The van der Waals surface area contributed by atoms with Gasteiger partial charge in [-0.15, -0.1) is 0 Å². The molecule has 5 aromatic carbocycles. The molecule has 448 valence electrons. The Morgan fingerprint density at radius 3 is 0.500 bits per heavy atom. The van der Waals surface area contributed by atoms with Crippen LogP contribution in [0.3, 0.4) is 0 Å². The first-order valence-electron chi connectivity index (χ1n) is 22.4. The summed E-state index contributed by atoms with van der Waals surface area (Å²) in [6.07, 6.45) is 11.9. The van der Waals surface area contributed by atoms with Crippen molar-refractivity contribution in [2.75, 3.05) is 0 Å². The molecule has 36 heteroatoms. The van der Waals surface area contributed by atoms with E-state index in [4.69, 9.17) is 107 Å². The minimum Gasteiger partial charge on any atom is -0.433 e. The summed E-state index contributed by atoms with van der Waals surface area (Å²) < 4.78 is 46.8. The number of benzene rings is 5. The molecular formula is C50H36Cu2N14O20. The van der Waals surface area contributed by atoms with Crippen LogP contribution in [0.2, 0.25) is 0 Å². The Hall–Kier alpha value is -12.4. The van der Waals surface area contributed by atoms with Gasteiger partial charge in [-0.2, -0.15) is 30.5 Å². The quantitative estimate of drug-likeness (QED) is 0.0773. The molecule has 0 saturated heterocycles. The molecule has 0 spiro atoms. The predicted octanol–water partition coefficient (Wildman–Crippen LogP) is 11.9. The molecule has 2 radical (unpaired) electrons. The van der Waals surface area contributed by atoms with Gasteiger partial charge in [-0.3, -0.25) is 19.9 Å². The minimum absolute atomic E-state index is 0. The number of fused-ring (bicyclic) bond motifs is 12. The Morgan fingerprint density at radius 1 is 0.291 bits per heavy atom. The van der Waals surface area contributed by atoms with Crippen molar-refractivity contribution in [3.8, 4) is 12.1 Å². The molecule has 11 aromatic rings. The smallest absolute Gasteiger partial charge is 0.433 e. The van der Waals surface area contributed by atoms with E-state index < -0.39 is 20.3 Å². The van der Waals surface area contributed by atoms with Gasteiger partial charge in [0, 0.05) is 13.8 Å². The third-order valence-electron chi connectivity index (χ3n) is 8.14. The Bertz CT molecular complexity index is 3550. The molecule has 6 heterocycles. The van der Waals surface area contributed by atoms with Gasteiger partial charge in [-0.25, -0.2) is 0 Å². The van der Waals surface area contributed by atoms with E-state index >= 15 is 0 Å². The van der Waals surface area contributed by atoms with Crippen LogP contribution in [0.5, 0.6) is 0 Å². The number of hydrogen-bond acceptors (Lipinski definition) is 30. The van der Waals surface area contributed by atoms with Crippen molar-refractivity contribution in [2.45, 2.75) is 13.8 Å². The third kappa shape index (κ3) is 29.7. The van der Waals surface area contributed by atoms with Crippen LogP contribution in [0.25, 0.3) is 90.4 Å². The Kier molecular flexibility index (Phi) is 34.0. The Morgan fingerprint density at radius 2 is 0.395 bits per heavy atom. The topological polar surface area (TPSA) is 521 Å². The van der Waals surface area contributed by atoms with Crippen LogP contribution < -0.4 is 0 Å². The number of aromatic nitrogens is 8. The van der Waals surface area contributed by atoms with Gasteiger partial charge < -0.3 is 96.6 Å². The summed E-state index contributed by atoms with van der Waals surface area (Å²) >= 11 is 0. The van der Waals surface area contributed by atoms with Gasteiger partial charge >= 0.3 is 34.1 Å². The maximum Gasteiger partial charge on any atom is 2.00 e. The van der Waals surface area contributed by atoms with Crippen molar-refractivity contribution in [3.63, 3.8) is 0 Å². The summed E-state index contributed by atoms with van der Waals surface area (Å²) in [6, 6.07) is 44.1. The summed E-state index contributed by atoms with van der Waals surface area (Å²) in [5.41, 5.74) is 5.58. The average Bonchev–Trinajstić information content (AvgIpc) is 2.95. The van der Waals surface area contributed by atoms with Gasteiger partial charge in [0.15, 0.2) is 44.7 Å². The van der Waals surface area contributed by atoms with E-state index in [-0.39, 0.29) is 79.8 Å². The molecule has 34 nitrogen and oxygen atoms in total. The van der Waals surface area contributed by atoms with Crippen molar-refractivity contribution >= 4 is 90.4 Å². The number of hydrogen-bond donors (Lipinski definition) is 0. The maximum atomic E-state index is 8.25. The van der Waals surface area contributed by atoms with E-state index in [1.54, 1.807) is 60.7 Å². The molecule has 11 rings (SSSR count). The fourth-order valence-corrected chi connectivity index (χ4v) is 5.48. The van der Waals surface area contributed by atoms with Crippen LogP contribution in [-0.2, 0) is 34.1 Å². The fraction of sp³-hybridized carbons (Fsp3) is 0.0400. The Balaban J connectivity index is 0.000000590. The molecule has 0 unspecified atom stereocenters. The van der Waals surface area contributed by atoms with Crippen molar-refractivity contribution < 1.29 is 89.8 Å². The molecule has 0 fully saturated rings. The van der Waals surface area contributed by atoms with Crippen LogP contribution in [-0.4, -0.2) is 60.2 Å². The molecule has 8 bridgehead atoms. The fourth-order valence-electron chi connectivity index (χ4n) is 5.48. The number of rotatable bonds is 0. The van der Waals surface area contributed by atoms with E-state index in [1.807, 2.05) is 84.9 Å². The largest absolute Gasteiger partial charge is 2.00 e. The Labute approximate surface area is 498 Å². The van der Waals surface area contributed by atoms with Crippen molar-refractivity contribution in [1.82, 2.24) is 39.9 Å².